The topological polar surface area (TPSA) is 104 Å². The smallest absolute Gasteiger partial charge is 0.377 e. The van der Waals surface area contributed by atoms with E-state index in [1.54, 1.807) is 6.92 Å². The van der Waals surface area contributed by atoms with Crippen molar-refractivity contribution in [2.24, 2.45) is 10.2 Å². The third kappa shape index (κ3) is 2.02. The Hall–Kier alpha value is -2.09. The molecule has 0 aromatic heterocycles. The lowest BCUT2D eigenvalue weighted by molar-refractivity contribution is -0.136. The van der Waals surface area contributed by atoms with Crippen molar-refractivity contribution in [2.45, 2.75) is 13.1 Å². The number of rotatable bonds is 3. The van der Waals surface area contributed by atoms with Crippen LogP contribution >= 0.6 is 11.6 Å². The first-order valence-electron chi connectivity index (χ1n) is 5.03. The van der Waals surface area contributed by atoms with Crippen molar-refractivity contribution in [1.82, 2.24) is 10.4 Å². The van der Waals surface area contributed by atoms with Crippen molar-refractivity contribution in [2.75, 3.05) is 6.61 Å². The zero-order valence-electron chi connectivity index (χ0n) is 9.25. The first-order valence-corrected chi connectivity index (χ1v) is 5.41. The summed E-state index contributed by atoms with van der Waals surface area (Å²) in [5.41, 5.74) is 2.44. The van der Waals surface area contributed by atoms with Gasteiger partial charge in [0, 0.05) is 0 Å². The Morgan fingerprint density at radius 1 is 1.67 bits per heavy atom. The molecule has 0 saturated heterocycles. The van der Waals surface area contributed by atoms with Crippen LogP contribution in [-0.2, 0) is 14.3 Å². The molecule has 2 rings (SSSR count). The number of esters is 1. The van der Waals surface area contributed by atoms with Crippen molar-refractivity contribution >= 4 is 34.5 Å². The zero-order valence-corrected chi connectivity index (χ0v) is 10.0. The maximum atomic E-state index is 11.6. The van der Waals surface area contributed by atoms with E-state index < -0.39 is 18.1 Å². The molecule has 2 heterocycles. The van der Waals surface area contributed by atoms with Crippen molar-refractivity contribution in [1.29, 1.82) is 0 Å². The van der Waals surface area contributed by atoms with Crippen LogP contribution in [0.25, 0.3) is 0 Å². The van der Waals surface area contributed by atoms with Gasteiger partial charge < -0.3 is 9.84 Å². The molecular formula is C9H9ClN4O4. The van der Waals surface area contributed by atoms with Crippen LogP contribution < -0.4 is 5.43 Å². The minimum absolute atomic E-state index is 0.0515. The number of ether oxygens (including phenoxy) is 1. The molecule has 1 atom stereocenters. The highest BCUT2D eigenvalue weighted by Crippen LogP contribution is 2.21. The Bertz CT molecular complexity index is 499. The van der Waals surface area contributed by atoms with Gasteiger partial charge in [0.1, 0.15) is 5.17 Å². The molecule has 0 aromatic carbocycles. The Morgan fingerprint density at radius 3 is 3.00 bits per heavy atom. The predicted molar refractivity (Wildman–Crippen MR) is 61.8 cm³/mol. The highest BCUT2D eigenvalue weighted by atomic mass is 35.5. The number of hydrogen-bond acceptors (Lipinski definition) is 7. The van der Waals surface area contributed by atoms with Crippen LogP contribution in [0, 0.1) is 0 Å². The van der Waals surface area contributed by atoms with Gasteiger partial charge in [-0.2, -0.15) is 10.2 Å². The average Bonchev–Trinajstić information content (AvgIpc) is 2.71. The van der Waals surface area contributed by atoms with Crippen LogP contribution in [0.4, 0.5) is 0 Å². The first kappa shape index (κ1) is 12.4. The summed E-state index contributed by atoms with van der Waals surface area (Å²) in [7, 11) is 0. The average molecular weight is 273 g/mol. The molecule has 0 aliphatic carbocycles. The number of halogens is 1. The van der Waals surface area contributed by atoms with E-state index in [9.17, 15) is 9.59 Å². The zero-order chi connectivity index (χ0) is 13.3. The van der Waals surface area contributed by atoms with E-state index >= 15 is 0 Å². The van der Waals surface area contributed by atoms with Gasteiger partial charge in [0.2, 0.25) is 0 Å². The van der Waals surface area contributed by atoms with E-state index in [-0.39, 0.29) is 23.2 Å². The standard InChI is InChI=1S/C9H9ClN4O4/c1-2-18-9(17)7-12-11-6-4(8(15)16)3-5(10)13-14(6)7/h3,6,11H,2H2,1H3,(H,15,16)/t6-/m0/s1. The monoisotopic (exact) mass is 272 g/mol. The molecule has 0 aromatic rings. The maximum absolute atomic E-state index is 11.6. The largest absolute Gasteiger partial charge is 0.478 e. The fourth-order valence-corrected chi connectivity index (χ4v) is 1.71. The molecule has 0 amide bonds. The summed E-state index contributed by atoms with van der Waals surface area (Å²) >= 11 is 5.70. The SMILES string of the molecule is CCOC(=O)C1=NN[C@@H]2C(C(=O)O)=CC(Cl)=NN12. The number of carbonyl (C=O) groups excluding carboxylic acids is 1. The lowest BCUT2D eigenvalue weighted by atomic mass is 10.2. The number of carbonyl (C=O) groups is 2. The van der Waals surface area contributed by atoms with E-state index in [1.807, 2.05) is 0 Å². The molecule has 0 spiro atoms. The van der Waals surface area contributed by atoms with Crippen LogP contribution in [-0.4, -0.2) is 45.8 Å². The highest BCUT2D eigenvalue weighted by molar-refractivity contribution is 6.68. The number of allylic oxidation sites excluding steroid dienone is 1. The molecular weight excluding hydrogens is 264 g/mol. The number of amidine groups is 1. The number of fused-ring (bicyclic) bond motifs is 1. The van der Waals surface area contributed by atoms with Crippen LogP contribution in [0.3, 0.4) is 0 Å². The maximum Gasteiger partial charge on any atom is 0.377 e. The molecule has 0 fully saturated rings. The van der Waals surface area contributed by atoms with Crippen LogP contribution in [0.2, 0.25) is 0 Å². The lowest BCUT2D eigenvalue weighted by Gasteiger charge is -2.24. The van der Waals surface area contributed by atoms with Crippen LogP contribution in [0.5, 0.6) is 0 Å². The molecule has 0 unspecified atom stereocenters. The van der Waals surface area contributed by atoms with Crippen molar-refractivity contribution in [3.63, 3.8) is 0 Å². The molecule has 0 bridgehead atoms. The van der Waals surface area contributed by atoms with Gasteiger partial charge in [0.05, 0.1) is 12.2 Å². The van der Waals surface area contributed by atoms with Crippen LogP contribution in [0.15, 0.2) is 21.9 Å². The van der Waals surface area contributed by atoms with E-state index in [1.165, 1.54) is 6.08 Å². The summed E-state index contributed by atoms with van der Waals surface area (Å²) in [5.74, 6) is -2.01. The quantitative estimate of drug-likeness (QED) is 0.682. The lowest BCUT2D eigenvalue weighted by Crippen LogP contribution is -2.45. The van der Waals surface area contributed by atoms with E-state index in [0.29, 0.717) is 0 Å². The molecule has 0 saturated carbocycles. The van der Waals surface area contributed by atoms with Gasteiger partial charge in [-0.3, -0.25) is 5.43 Å². The predicted octanol–water partition coefficient (Wildman–Crippen LogP) is -0.329. The third-order valence-corrected chi connectivity index (χ3v) is 2.42. The fourth-order valence-electron chi connectivity index (χ4n) is 1.51. The molecule has 8 nitrogen and oxygen atoms in total. The van der Waals surface area contributed by atoms with E-state index in [2.05, 4.69) is 15.6 Å². The molecule has 9 heteroatoms. The molecule has 2 N–H and O–H groups in total. The normalized spacial score (nSPS) is 21.3. The highest BCUT2D eigenvalue weighted by Gasteiger charge is 2.40. The molecule has 2 aliphatic heterocycles. The first-order chi connectivity index (χ1) is 8.54. The van der Waals surface area contributed by atoms with Gasteiger partial charge in [-0.15, -0.1) is 0 Å². The Kier molecular flexibility index (Phi) is 3.19. The molecule has 0 radical (unpaired) electrons. The van der Waals surface area contributed by atoms with Gasteiger partial charge in [0.25, 0.3) is 5.84 Å². The van der Waals surface area contributed by atoms with Gasteiger partial charge in [0.15, 0.2) is 6.17 Å². The minimum atomic E-state index is -1.18. The summed E-state index contributed by atoms with van der Waals surface area (Å²) < 4.78 is 4.78. The Morgan fingerprint density at radius 2 is 2.39 bits per heavy atom. The second kappa shape index (κ2) is 4.65. The van der Waals surface area contributed by atoms with Crippen molar-refractivity contribution in [3.8, 4) is 0 Å². The fraction of sp³-hybridized carbons (Fsp3) is 0.333. The Balaban J connectivity index is 2.27. The van der Waals surface area contributed by atoms with Gasteiger partial charge in [-0.1, -0.05) is 11.6 Å². The van der Waals surface area contributed by atoms with Crippen molar-refractivity contribution < 1.29 is 19.4 Å². The van der Waals surface area contributed by atoms with Gasteiger partial charge >= 0.3 is 11.9 Å². The summed E-state index contributed by atoms with van der Waals surface area (Å²) in [6.07, 6.45) is 0.339. The molecule has 96 valence electrons. The van der Waals surface area contributed by atoms with E-state index in [0.717, 1.165) is 5.01 Å². The third-order valence-electron chi connectivity index (χ3n) is 2.23. The number of carboxylic acids is 1. The van der Waals surface area contributed by atoms with Gasteiger partial charge in [-0.05, 0) is 13.0 Å². The summed E-state index contributed by atoms with van der Waals surface area (Å²) in [6, 6.07) is 0. The molecule has 2 aliphatic rings. The second-order valence-corrected chi connectivity index (χ2v) is 3.75. The van der Waals surface area contributed by atoms with Gasteiger partial charge in [-0.25, -0.2) is 14.6 Å². The van der Waals surface area contributed by atoms with E-state index in [4.69, 9.17) is 21.4 Å². The number of nitrogens with zero attached hydrogens (tertiary/aromatic N) is 3. The summed E-state index contributed by atoms with van der Waals surface area (Å²) in [5, 5.41) is 17.6. The van der Waals surface area contributed by atoms with Crippen molar-refractivity contribution in [3.05, 3.63) is 11.6 Å². The number of hydrazone groups is 2. The minimum Gasteiger partial charge on any atom is -0.478 e. The second-order valence-electron chi connectivity index (χ2n) is 3.36. The molecule has 18 heavy (non-hydrogen) atoms. The summed E-state index contributed by atoms with van der Waals surface area (Å²) in [4.78, 5) is 22.6. The Labute approximate surface area is 107 Å². The number of aliphatic carboxylic acids is 1. The number of hydrogen-bond donors (Lipinski definition) is 2. The number of carboxylic acid groups (broad SMARTS) is 1. The summed E-state index contributed by atoms with van der Waals surface area (Å²) in [6.45, 7) is 1.82. The van der Waals surface area contributed by atoms with Crippen LogP contribution in [0.1, 0.15) is 6.92 Å². The number of nitrogens with one attached hydrogen (secondary N) is 1.